The van der Waals surface area contributed by atoms with Gasteiger partial charge in [0, 0.05) is 47.5 Å². The van der Waals surface area contributed by atoms with Crippen molar-refractivity contribution < 1.29 is 14.5 Å². The third-order valence-electron chi connectivity index (χ3n) is 10.2. The van der Waals surface area contributed by atoms with Crippen LogP contribution in [0.1, 0.15) is 75.6 Å². The van der Waals surface area contributed by atoms with Crippen LogP contribution < -0.4 is 10.0 Å². The Bertz CT molecular complexity index is 1810. The maximum atomic E-state index is 11.1. The molecule has 0 radical (unpaired) electrons. The lowest BCUT2D eigenvalue weighted by Crippen LogP contribution is -2.26. The van der Waals surface area contributed by atoms with Gasteiger partial charge in [0.25, 0.3) is 0 Å². The minimum absolute atomic E-state index is 0.0325. The highest BCUT2D eigenvalue weighted by molar-refractivity contribution is 6.03. The molecule has 3 aromatic carbocycles. The molecule has 0 saturated carbocycles. The average molecular weight is 597 g/mol. The summed E-state index contributed by atoms with van der Waals surface area (Å²) in [5.74, 6) is -1.01. The highest BCUT2D eigenvalue weighted by atomic mass is 16.4. The number of benzene rings is 3. The molecule has 0 N–H and O–H groups in total. The largest absolute Gasteiger partial charge is 0.550 e. The SMILES string of the molecule is CN1/C(=C/C=C2\CCCC(/C=C/C3=[N+](C)c4ccccc4C3(C)C)=C2c2ccc(CCC(=O)[O-])cc2)C(C)(C)c2ccccc21. The first-order valence-corrected chi connectivity index (χ1v) is 16.2. The molecule has 0 atom stereocenters. The average Bonchev–Trinajstić information content (AvgIpc) is 3.35. The summed E-state index contributed by atoms with van der Waals surface area (Å²) in [6.07, 6.45) is 13.0. The molecule has 6 rings (SSSR count). The van der Waals surface area contributed by atoms with Gasteiger partial charge in [0.05, 0.1) is 5.41 Å². The predicted octanol–water partition coefficient (Wildman–Crippen LogP) is 7.81. The van der Waals surface area contributed by atoms with E-state index in [1.165, 1.54) is 56.2 Å². The number of rotatable bonds is 7. The van der Waals surface area contributed by atoms with Crippen molar-refractivity contribution in [2.75, 3.05) is 19.0 Å². The number of aliphatic carboxylic acids is 1. The molecule has 2 heterocycles. The van der Waals surface area contributed by atoms with Crippen LogP contribution in [0, 0.1) is 0 Å². The normalized spacial score (nSPS) is 20.4. The lowest BCUT2D eigenvalue weighted by Gasteiger charge is -2.25. The van der Waals surface area contributed by atoms with Crippen molar-refractivity contribution in [3.63, 3.8) is 0 Å². The van der Waals surface area contributed by atoms with Crippen LogP contribution in [0.3, 0.4) is 0 Å². The Hall–Kier alpha value is -4.44. The van der Waals surface area contributed by atoms with Gasteiger partial charge in [0.15, 0.2) is 5.71 Å². The summed E-state index contributed by atoms with van der Waals surface area (Å²) < 4.78 is 2.33. The fraction of sp³-hybridized carbons (Fsp3) is 0.317. The first kappa shape index (κ1) is 30.6. The van der Waals surface area contributed by atoms with Gasteiger partial charge < -0.3 is 14.8 Å². The van der Waals surface area contributed by atoms with Crippen molar-refractivity contribution in [3.05, 3.63) is 136 Å². The van der Waals surface area contributed by atoms with Crippen LogP contribution in [-0.4, -0.2) is 30.4 Å². The van der Waals surface area contributed by atoms with Crippen molar-refractivity contribution in [2.45, 2.75) is 70.6 Å². The second-order valence-corrected chi connectivity index (χ2v) is 13.7. The summed E-state index contributed by atoms with van der Waals surface area (Å²) >= 11 is 0. The molecule has 4 heteroatoms. The number of para-hydroxylation sites is 2. The smallest absolute Gasteiger partial charge is 0.209 e. The number of allylic oxidation sites excluding steroid dienone is 8. The Balaban J connectivity index is 1.43. The van der Waals surface area contributed by atoms with Crippen molar-refractivity contribution >= 4 is 28.6 Å². The zero-order chi connectivity index (χ0) is 31.9. The van der Waals surface area contributed by atoms with Crippen molar-refractivity contribution in [1.29, 1.82) is 0 Å². The number of carboxylic acid groups (broad SMARTS) is 1. The van der Waals surface area contributed by atoms with E-state index in [9.17, 15) is 9.90 Å². The van der Waals surface area contributed by atoms with Gasteiger partial charge in [-0.15, -0.1) is 0 Å². The Morgan fingerprint density at radius 3 is 2.24 bits per heavy atom. The molecule has 0 bridgehead atoms. The molecule has 0 spiro atoms. The fourth-order valence-corrected chi connectivity index (χ4v) is 7.68. The van der Waals surface area contributed by atoms with Crippen LogP contribution in [0.4, 0.5) is 11.4 Å². The third kappa shape index (κ3) is 5.52. The zero-order valence-corrected chi connectivity index (χ0v) is 27.5. The molecule has 0 saturated heterocycles. The molecule has 45 heavy (non-hydrogen) atoms. The van der Waals surface area contributed by atoms with Crippen LogP contribution in [0.25, 0.3) is 5.57 Å². The molecule has 3 aliphatic rings. The highest BCUT2D eigenvalue weighted by Gasteiger charge is 2.42. The molecule has 2 aliphatic heterocycles. The molecule has 3 aromatic rings. The molecular formula is C41H44N2O2. The number of carbonyl (C=O) groups excluding carboxylic acids is 1. The highest BCUT2D eigenvalue weighted by Crippen LogP contribution is 2.47. The molecule has 230 valence electrons. The van der Waals surface area contributed by atoms with Crippen molar-refractivity contribution in [1.82, 2.24) is 0 Å². The van der Waals surface area contributed by atoms with Crippen LogP contribution in [0.2, 0.25) is 0 Å². The number of carbonyl (C=O) groups is 1. The van der Waals surface area contributed by atoms with Gasteiger partial charge in [-0.3, -0.25) is 0 Å². The van der Waals surface area contributed by atoms with Gasteiger partial charge >= 0.3 is 0 Å². The van der Waals surface area contributed by atoms with Crippen LogP contribution in [0.5, 0.6) is 0 Å². The Kier molecular flexibility index (Phi) is 8.03. The van der Waals surface area contributed by atoms with E-state index in [4.69, 9.17) is 0 Å². The quantitative estimate of drug-likeness (QED) is 0.262. The summed E-state index contributed by atoms with van der Waals surface area (Å²) in [4.78, 5) is 13.4. The first-order valence-electron chi connectivity index (χ1n) is 16.2. The molecule has 0 amide bonds. The standard InChI is InChI=1S/C41H44N2O2/c1-40(2)32-14-7-9-16-34(32)42(5)36(40)25-23-29-12-11-13-30(39(29)31-21-18-28(19-22-31)20-27-38(44)45)24-26-37-41(3,4)33-15-8-10-17-35(33)43(37)6/h7-10,14-19,21-26H,11-13,20,27H2,1-6H3. The van der Waals surface area contributed by atoms with Crippen LogP contribution >= 0.6 is 0 Å². The molecule has 0 fully saturated rings. The fourth-order valence-electron chi connectivity index (χ4n) is 7.68. The summed E-state index contributed by atoms with van der Waals surface area (Å²) in [7, 11) is 4.34. The maximum absolute atomic E-state index is 11.1. The summed E-state index contributed by atoms with van der Waals surface area (Å²) in [5, 5.41) is 11.1. The summed E-state index contributed by atoms with van der Waals surface area (Å²) in [6, 6.07) is 25.9. The molecule has 1 aliphatic carbocycles. The minimum atomic E-state index is -1.01. The van der Waals surface area contributed by atoms with Gasteiger partial charge in [-0.1, -0.05) is 86.7 Å². The molecule has 0 aromatic heterocycles. The minimum Gasteiger partial charge on any atom is -0.550 e. The van der Waals surface area contributed by atoms with E-state index in [0.717, 1.165) is 24.8 Å². The second-order valence-electron chi connectivity index (χ2n) is 13.7. The van der Waals surface area contributed by atoms with Gasteiger partial charge in [-0.05, 0) is 91.5 Å². The molecular weight excluding hydrogens is 552 g/mol. The molecule has 0 unspecified atom stereocenters. The number of carboxylic acids is 1. The number of anilines is 1. The first-order chi connectivity index (χ1) is 21.5. The van der Waals surface area contributed by atoms with E-state index in [1.807, 2.05) is 0 Å². The lowest BCUT2D eigenvalue weighted by molar-refractivity contribution is -0.401. The van der Waals surface area contributed by atoms with E-state index in [0.29, 0.717) is 6.42 Å². The van der Waals surface area contributed by atoms with Gasteiger partial charge in [0.2, 0.25) is 5.69 Å². The topological polar surface area (TPSA) is 46.4 Å². The van der Waals surface area contributed by atoms with Crippen LogP contribution in [-0.2, 0) is 22.0 Å². The third-order valence-corrected chi connectivity index (χ3v) is 10.2. The van der Waals surface area contributed by atoms with Crippen molar-refractivity contribution in [2.24, 2.45) is 0 Å². The number of hydrogen-bond acceptors (Lipinski definition) is 3. The Labute approximate surface area is 268 Å². The number of fused-ring (bicyclic) bond motifs is 2. The predicted molar refractivity (Wildman–Crippen MR) is 184 cm³/mol. The zero-order valence-electron chi connectivity index (χ0n) is 27.5. The monoisotopic (exact) mass is 596 g/mol. The van der Waals surface area contributed by atoms with Gasteiger partial charge in [-0.2, -0.15) is 4.58 Å². The van der Waals surface area contributed by atoms with E-state index in [-0.39, 0.29) is 17.3 Å². The van der Waals surface area contributed by atoms with E-state index >= 15 is 0 Å². The van der Waals surface area contributed by atoms with E-state index in [2.05, 4.69) is 148 Å². The number of aryl methyl sites for hydroxylation is 1. The molecule has 4 nitrogen and oxygen atoms in total. The van der Waals surface area contributed by atoms with Gasteiger partial charge in [0.1, 0.15) is 7.05 Å². The number of likely N-dealkylation sites (N-methyl/N-ethyl adjacent to an activating group) is 1. The van der Waals surface area contributed by atoms with Gasteiger partial charge in [-0.25, -0.2) is 0 Å². The van der Waals surface area contributed by atoms with E-state index in [1.54, 1.807) is 0 Å². The number of hydrogen-bond donors (Lipinski definition) is 0. The summed E-state index contributed by atoms with van der Waals surface area (Å²) in [5.41, 5.74) is 13.8. The number of nitrogens with zero attached hydrogens (tertiary/aromatic N) is 2. The van der Waals surface area contributed by atoms with Crippen LogP contribution in [0.15, 0.2) is 114 Å². The maximum Gasteiger partial charge on any atom is 0.209 e. The summed E-state index contributed by atoms with van der Waals surface area (Å²) in [6.45, 7) is 9.25. The lowest BCUT2D eigenvalue weighted by atomic mass is 9.79. The second kappa shape index (κ2) is 11.8. The van der Waals surface area contributed by atoms with E-state index < -0.39 is 5.97 Å². The Morgan fingerprint density at radius 2 is 1.56 bits per heavy atom. The Morgan fingerprint density at radius 1 is 0.867 bits per heavy atom. The van der Waals surface area contributed by atoms with Crippen molar-refractivity contribution in [3.8, 4) is 0 Å².